The summed E-state index contributed by atoms with van der Waals surface area (Å²) >= 11 is 6.05. The molecule has 0 radical (unpaired) electrons. The first kappa shape index (κ1) is 15.5. The van der Waals surface area contributed by atoms with Crippen LogP contribution in [0, 0.1) is 0 Å². The van der Waals surface area contributed by atoms with Crippen molar-refractivity contribution in [1.82, 2.24) is 29.8 Å². The molecule has 1 aromatic carbocycles. The van der Waals surface area contributed by atoms with Gasteiger partial charge in [-0.2, -0.15) is 18.0 Å². The van der Waals surface area contributed by atoms with E-state index < -0.39 is 12.7 Å². The molecule has 6 nitrogen and oxygen atoms in total. The van der Waals surface area contributed by atoms with Gasteiger partial charge in [-0.3, -0.25) is 0 Å². The number of hydrogen-bond acceptors (Lipinski definition) is 4. The molecule has 0 unspecified atom stereocenters. The zero-order valence-corrected chi connectivity index (χ0v) is 12.3. The third-order valence-corrected chi connectivity index (χ3v) is 3.33. The second kappa shape index (κ2) is 5.99. The van der Waals surface area contributed by atoms with E-state index in [2.05, 4.69) is 20.4 Å². The Morgan fingerprint density at radius 2 is 1.96 bits per heavy atom. The lowest BCUT2D eigenvalue weighted by Gasteiger charge is -2.09. The van der Waals surface area contributed by atoms with Crippen molar-refractivity contribution in [3.05, 3.63) is 47.5 Å². The topological polar surface area (TPSA) is 61.4 Å². The summed E-state index contributed by atoms with van der Waals surface area (Å²) in [4.78, 5) is 5.08. The van der Waals surface area contributed by atoms with Crippen LogP contribution in [0.2, 0.25) is 5.02 Å². The molecule has 0 amide bonds. The van der Waals surface area contributed by atoms with Crippen molar-refractivity contribution >= 4 is 11.6 Å². The second-order valence-corrected chi connectivity index (χ2v) is 5.12. The van der Waals surface area contributed by atoms with Crippen LogP contribution in [0.4, 0.5) is 13.2 Å². The largest absolute Gasteiger partial charge is 0.406 e. The molecular formula is C13H10ClF3N6. The average Bonchev–Trinajstić information content (AvgIpc) is 3.09. The quantitative estimate of drug-likeness (QED) is 0.731. The highest BCUT2D eigenvalue weighted by Gasteiger charge is 2.29. The fourth-order valence-electron chi connectivity index (χ4n) is 2.02. The molecule has 0 aliphatic carbocycles. The highest BCUT2D eigenvalue weighted by Crippen LogP contribution is 2.23. The molecule has 0 fully saturated rings. The fraction of sp³-hybridized carbons (Fsp3) is 0.231. The Morgan fingerprint density at radius 3 is 2.70 bits per heavy atom. The Labute approximate surface area is 133 Å². The Kier molecular flexibility index (Phi) is 4.03. The van der Waals surface area contributed by atoms with Crippen LogP contribution in [0.5, 0.6) is 0 Å². The van der Waals surface area contributed by atoms with Gasteiger partial charge in [-0.25, -0.2) is 4.98 Å². The summed E-state index contributed by atoms with van der Waals surface area (Å²) < 4.78 is 38.5. The van der Waals surface area contributed by atoms with Crippen molar-refractivity contribution in [3.63, 3.8) is 0 Å². The van der Waals surface area contributed by atoms with Gasteiger partial charge in [-0.1, -0.05) is 23.7 Å². The molecule has 10 heteroatoms. The molecule has 3 rings (SSSR count). The SMILES string of the molecule is FC(F)(F)Cn1ccnc1Cn1nnc(-c2ccccc2Cl)n1. The van der Waals surface area contributed by atoms with Crippen LogP contribution in [0.25, 0.3) is 11.4 Å². The Hall–Kier alpha value is -2.42. The van der Waals surface area contributed by atoms with E-state index in [0.29, 0.717) is 16.4 Å². The molecule has 23 heavy (non-hydrogen) atoms. The molecule has 0 spiro atoms. The van der Waals surface area contributed by atoms with Crippen LogP contribution in [-0.2, 0) is 13.1 Å². The van der Waals surface area contributed by atoms with Crippen molar-refractivity contribution in [2.75, 3.05) is 0 Å². The highest BCUT2D eigenvalue weighted by molar-refractivity contribution is 6.33. The molecule has 0 atom stereocenters. The Morgan fingerprint density at radius 1 is 1.17 bits per heavy atom. The number of hydrogen-bond donors (Lipinski definition) is 0. The van der Waals surface area contributed by atoms with Gasteiger partial charge in [-0.05, 0) is 17.3 Å². The molecular weight excluding hydrogens is 333 g/mol. The number of alkyl halides is 3. The molecule has 0 aliphatic rings. The molecule has 0 aliphatic heterocycles. The monoisotopic (exact) mass is 342 g/mol. The van der Waals surface area contributed by atoms with Gasteiger partial charge in [0.25, 0.3) is 0 Å². The average molecular weight is 343 g/mol. The van der Waals surface area contributed by atoms with Crippen LogP contribution in [-0.4, -0.2) is 35.9 Å². The van der Waals surface area contributed by atoms with Crippen molar-refractivity contribution in [1.29, 1.82) is 0 Å². The number of rotatable bonds is 4. The molecule has 0 bridgehead atoms. The van der Waals surface area contributed by atoms with Crippen molar-refractivity contribution in [3.8, 4) is 11.4 Å². The first-order valence-corrected chi connectivity index (χ1v) is 6.89. The third-order valence-electron chi connectivity index (χ3n) is 3.00. The van der Waals surface area contributed by atoms with E-state index in [1.807, 2.05) is 0 Å². The summed E-state index contributed by atoms with van der Waals surface area (Å²) in [7, 11) is 0. The van der Waals surface area contributed by atoms with Gasteiger partial charge >= 0.3 is 6.18 Å². The molecule has 0 saturated heterocycles. The maximum Gasteiger partial charge on any atom is 0.406 e. The number of benzene rings is 1. The molecule has 2 aromatic heterocycles. The number of nitrogens with zero attached hydrogens (tertiary/aromatic N) is 6. The third kappa shape index (κ3) is 3.67. The fourth-order valence-corrected chi connectivity index (χ4v) is 2.24. The second-order valence-electron chi connectivity index (χ2n) is 4.71. The number of aromatic nitrogens is 6. The van der Waals surface area contributed by atoms with Crippen LogP contribution in [0.3, 0.4) is 0 Å². The normalized spacial score (nSPS) is 11.8. The Bertz CT molecular complexity index is 810. The van der Waals surface area contributed by atoms with Gasteiger partial charge < -0.3 is 4.57 Å². The molecule has 0 N–H and O–H groups in total. The van der Waals surface area contributed by atoms with Gasteiger partial charge in [0.2, 0.25) is 5.82 Å². The van der Waals surface area contributed by atoms with Crippen molar-refractivity contribution in [2.45, 2.75) is 19.3 Å². The van der Waals surface area contributed by atoms with E-state index in [-0.39, 0.29) is 12.4 Å². The highest BCUT2D eigenvalue weighted by atomic mass is 35.5. The van der Waals surface area contributed by atoms with E-state index >= 15 is 0 Å². The van der Waals surface area contributed by atoms with Crippen LogP contribution in [0.15, 0.2) is 36.7 Å². The van der Waals surface area contributed by atoms with Crippen LogP contribution >= 0.6 is 11.6 Å². The standard InChI is InChI=1S/C13H10ClF3N6/c14-10-4-2-1-3-9(10)12-19-21-23(20-12)7-11-18-5-6-22(11)8-13(15,16)17/h1-6H,7-8H2. The summed E-state index contributed by atoms with van der Waals surface area (Å²) in [5.74, 6) is 0.481. The summed E-state index contributed by atoms with van der Waals surface area (Å²) in [6.07, 6.45) is -1.77. The van der Waals surface area contributed by atoms with E-state index in [1.54, 1.807) is 24.3 Å². The minimum Gasteiger partial charge on any atom is -0.324 e. The summed E-state index contributed by atoms with van der Waals surface area (Å²) in [5, 5.41) is 12.3. The summed E-state index contributed by atoms with van der Waals surface area (Å²) in [6.45, 7) is -1.14. The number of halogens is 4. The lowest BCUT2D eigenvalue weighted by molar-refractivity contribution is -0.141. The first-order valence-electron chi connectivity index (χ1n) is 6.52. The minimum atomic E-state index is -4.33. The maximum absolute atomic E-state index is 12.5. The smallest absolute Gasteiger partial charge is 0.324 e. The van der Waals surface area contributed by atoms with Gasteiger partial charge in [0.1, 0.15) is 18.9 Å². The molecule has 0 saturated carbocycles. The number of tetrazole rings is 1. The minimum absolute atomic E-state index is 0.0272. The zero-order valence-electron chi connectivity index (χ0n) is 11.6. The van der Waals surface area contributed by atoms with Crippen LogP contribution in [0.1, 0.15) is 5.82 Å². The maximum atomic E-state index is 12.5. The molecule has 120 valence electrons. The van der Waals surface area contributed by atoms with Crippen LogP contribution < -0.4 is 0 Å². The van der Waals surface area contributed by atoms with Gasteiger partial charge in [-0.15, -0.1) is 10.2 Å². The van der Waals surface area contributed by atoms with Gasteiger partial charge in [0.15, 0.2) is 0 Å². The van der Waals surface area contributed by atoms with Gasteiger partial charge in [0.05, 0.1) is 5.02 Å². The van der Waals surface area contributed by atoms with Crippen molar-refractivity contribution in [2.24, 2.45) is 0 Å². The van der Waals surface area contributed by atoms with E-state index in [9.17, 15) is 13.2 Å². The predicted octanol–water partition coefficient (Wildman–Crippen LogP) is 2.80. The predicted molar refractivity (Wildman–Crippen MR) is 75.6 cm³/mol. The zero-order chi connectivity index (χ0) is 16.4. The van der Waals surface area contributed by atoms with E-state index in [4.69, 9.17) is 11.6 Å². The van der Waals surface area contributed by atoms with Crippen molar-refractivity contribution < 1.29 is 13.2 Å². The first-order chi connectivity index (χ1) is 10.9. The van der Waals surface area contributed by atoms with E-state index in [0.717, 1.165) is 4.57 Å². The lowest BCUT2D eigenvalue weighted by Crippen LogP contribution is -2.20. The molecule has 2 heterocycles. The summed E-state index contributed by atoms with van der Waals surface area (Å²) in [6, 6.07) is 6.96. The Balaban J connectivity index is 1.81. The van der Waals surface area contributed by atoms with E-state index in [1.165, 1.54) is 17.2 Å². The lowest BCUT2D eigenvalue weighted by atomic mass is 10.2. The van der Waals surface area contributed by atoms with Gasteiger partial charge in [0, 0.05) is 18.0 Å². The summed E-state index contributed by atoms with van der Waals surface area (Å²) in [5.41, 5.74) is 0.596. The number of imidazole rings is 1. The molecule has 3 aromatic rings.